The van der Waals surface area contributed by atoms with Crippen molar-refractivity contribution in [2.75, 3.05) is 11.9 Å². The highest BCUT2D eigenvalue weighted by Crippen LogP contribution is 2.23. The number of ether oxygens (including phenoxy) is 1. The van der Waals surface area contributed by atoms with Crippen LogP contribution in [-0.4, -0.2) is 27.0 Å². The third-order valence-electron chi connectivity index (χ3n) is 4.03. The van der Waals surface area contributed by atoms with Gasteiger partial charge >= 0.3 is 0 Å². The lowest BCUT2D eigenvalue weighted by Gasteiger charge is -2.12. The monoisotopic (exact) mass is 374 g/mol. The minimum Gasteiger partial charge on any atom is -0.377 e. The first-order valence-corrected chi connectivity index (χ1v) is 10.1. The summed E-state index contributed by atoms with van der Waals surface area (Å²) < 4.78 is 32.7. The van der Waals surface area contributed by atoms with Gasteiger partial charge in [-0.1, -0.05) is 24.3 Å². The molecule has 26 heavy (non-hydrogen) atoms. The standard InChI is InChI=1S/C19H22N2O4S/c1-2-25-13-15-6-3-4-9-18(15)20-19(22)14-7-5-8-17(12-14)26(23,24)21-16-10-11-16/h3-9,12,16,21H,2,10-11,13H2,1H3,(H,20,22). The van der Waals surface area contributed by atoms with Crippen molar-refractivity contribution in [1.29, 1.82) is 0 Å². The highest BCUT2D eigenvalue weighted by molar-refractivity contribution is 7.89. The van der Waals surface area contributed by atoms with Crippen LogP contribution in [0.25, 0.3) is 0 Å². The molecule has 0 aliphatic heterocycles. The molecule has 1 fully saturated rings. The Morgan fingerprint density at radius 3 is 2.65 bits per heavy atom. The maximum Gasteiger partial charge on any atom is 0.255 e. The number of anilines is 1. The van der Waals surface area contributed by atoms with E-state index in [1.165, 1.54) is 12.1 Å². The van der Waals surface area contributed by atoms with E-state index >= 15 is 0 Å². The first kappa shape index (κ1) is 18.6. The van der Waals surface area contributed by atoms with Crippen molar-refractivity contribution in [3.63, 3.8) is 0 Å². The SMILES string of the molecule is CCOCc1ccccc1NC(=O)c1cccc(S(=O)(=O)NC2CC2)c1. The van der Waals surface area contributed by atoms with E-state index in [0.29, 0.717) is 18.9 Å². The molecular formula is C19H22N2O4S. The molecule has 0 aromatic heterocycles. The average Bonchev–Trinajstić information content (AvgIpc) is 3.44. The number of nitrogens with one attached hydrogen (secondary N) is 2. The molecule has 1 amide bonds. The molecule has 0 radical (unpaired) electrons. The predicted octanol–water partition coefficient (Wildman–Crippen LogP) is 2.92. The zero-order valence-corrected chi connectivity index (χ0v) is 15.4. The van der Waals surface area contributed by atoms with Gasteiger partial charge in [-0.3, -0.25) is 4.79 Å². The summed E-state index contributed by atoms with van der Waals surface area (Å²) in [6.07, 6.45) is 1.71. The first-order chi connectivity index (χ1) is 12.5. The Kier molecular flexibility index (Phi) is 5.70. The number of sulfonamides is 1. The normalized spacial score (nSPS) is 14.2. The molecule has 138 valence electrons. The molecule has 1 aliphatic rings. The summed E-state index contributed by atoms with van der Waals surface area (Å²) in [7, 11) is -3.60. The third-order valence-corrected chi connectivity index (χ3v) is 5.55. The maximum atomic E-state index is 12.6. The van der Waals surface area contributed by atoms with Crippen LogP contribution in [0.15, 0.2) is 53.4 Å². The topological polar surface area (TPSA) is 84.5 Å². The quantitative estimate of drug-likeness (QED) is 0.744. The molecule has 0 saturated heterocycles. The molecule has 2 aromatic carbocycles. The van der Waals surface area contributed by atoms with Crippen LogP contribution >= 0.6 is 0 Å². The second kappa shape index (κ2) is 7.99. The molecule has 3 rings (SSSR count). The molecule has 1 aliphatic carbocycles. The number of amides is 1. The van der Waals surface area contributed by atoms with Gasteiger partial charge in [0.05, 0.1) is 11.5 Å². The van der Waals surface area contributed by atoms with E-state index in [1.54, 1.807) is 18.2 Å². The number of benzene rings is 2. The van der Waals surface area contributed by atoms with Gasteiger partial charge in [-0.15, -0.1) is 0 Å². The fourth-order valence-electron chi connectivity index (χ4n) is 2.47. The molecule has 0 bridgehead atoms. The Morgan fingerprint density at radius 1 is 1.15 bits per heavy atom. The van der Waals surface area contributed by atoms with Crippen LogP contribution in [0.3, 0.4) is 0 Å². The molecule has 0 atom stereocenters. The smallest absolute Gasteiger partial charge is 0.255 e. The second-order valence-electron chi connectivity index (χ2n) is 6.17. The van der Waals surface area contributed by atoms with Crippen molar-refractivity contribution >= 4 is 21.6 Å². The molecule has 2 N–H and O–H groups in total. The summed E-state index contributed by atoms with van der Waals surface area (Å²) >= 11 is 0. The molecule has 2 aromatic rings. The Labute approximate surface area is 153 Å². The molecule has 0 unspecified atom stereocenters. The van der Waals surface area contributed by atoms with Gasteiger partial charge < -0.3 is 10.1 Å². The molecule has 6 nitrogen and oxygen atoms in total. The Morgan fingerprint density at radius 2 is 1.92 bits per heavy atom. The van der Waals surface area contributed by atoms with E-state index in [4.69, 9.17) is 4.74 Å². The third kappa shape index (κ3) is 4.69. The van der Waals surface area contributed by atoms with Crippen LogP contribution in [0.1, 0.15) is 35.7 Å². The van der Waals surface area contributed by atoms with Gasteiger partial charge in [-0.05, 0) is 44.0 Å². The lowest BCUT2D eigenvalue weighted by Crippen LogP contribution is -2.26. The van der Waals surface area contributed by atoms with Crippen LogP contribution in [0.4, 0.5) is 5.69 Å². The highest BCUT2D eigenvalue weighted by atomic mass is 32.2. The lowest BCUT2D eigenvalue weighted by atomic mass is 10.1. The van der Waals surface area contributed by atoms with Crippen molar-refractivity contribution < 1.29 is 17.9 Å². The zero-order chi connectivity index (χ0) is 18.6. The second-order valence-corrected chi connectivity index (χ2v) is 7.89. The zero-order valence-electron chi connectivity index (χ0n) is 14.6. The summed E-state index contributed by atoms with van der Waals surface area (Å²) in [5.41, 5.74) is 1.80. The highest BCUT2D eigenvalue weighted by Gasteiger charge is 2.28. The van der Waals surface area contributed by atoms with Crippen LogP contribution in [0.2, 0.25) is 0 Å². The molecule has 0 spiro atoms. The minimum absolute atomic E-state index is 0.0166. The predicted molar refractivity (Wildman–Crippen MR) is 99.5 cm³/mol. The van der Waals surface area contributed by atoms with Gasteiger partial charge in [0.25, 0.3) is 5.91 Å². The summed E-state index contributed by atoms with van der Waals surface area (Å²) in [5, 5.41) is 2.83. The number of para-hydroxylation sites is 1. The van der Waals surface area contributed by atoms with Crippen LogP contribution < -0.4 is 10.0 Å². The van der Waals surface area contributed by atoms with E-state index < -0.39 is 10.0 Å². The summed E-state index contributed by atoms with van der Waals surface area (Å²) in [5.74, 6) is -0.363. The molecule has 7 heteroatoms. The van der Waals surface area contributed by atoms with Crippen molar-refractivity contribution in [2.45, 2.75) is 37.3 Å². The van der Waals surface area contributed by atoms with Crippen molar-refractivity contribution in [2.24, 2.45) is 0 Å². The number of hydrogen-bond donors (Lipinski definition) is 2. The summed E-state index contributed by atoms with van der Waals surface area (Å²) in [6.45, 7) is 2.88. The van der Waals surface area contributed by atoms with E-state index in [0.717, 1.165) is 18.4 Å². The van der Waals surface area contributed by atoms with Crippen LogP contribution in [-0.2, 0) is 21.4 Å². The first-order valence-electron chi connectivity index (χ1n) is 8.59. The number of hydrogen-bond acceptors (Lipinski definition) is 4. The van der Waals surface area contributed by atoms with Crippen LogP contribution in [0.5, 0.6) is 0 Å². The fraction of sp³-hybridized carbons (Fsp3) is 0.316. The lowest BCUT2D eigenvalue weighted by molar-refractivity contribution is 0.102. The largest absolute Gasteiger partial charge is 0.377 e. The molecule has 0 heterocycles. The molecular weight excluding hydrogens is 352 g/mol. The summed E-state index contributed by atoms with van der Waals surface area (Å²) in [6, 6.07) is 13.4. The summed E-state index contributed by atoms with van der Waals surface area (Å²) in [4.78, 5) is 12.7. The van der Waals surface area contributed by atoms with Gasteiger partial charge in [-0.2, -0.15) is 0 Å². The van der Waals surface area contributed by atoms with Crippen molar-refractivity contribution in [3.05, 3.63) is 59.7 Å². The van der Waals surface area contributed by atoms with Crippen molar-refractivity contribution in [1.82, 2.24) is 4.72 Å². The average molecular weight is 374 g/mol. The van der Waals surface area contributed by atoms with Gasteiger partial charge in [0.15, 0.2) is 0 Å². The number of carbonyl (C=O) groups is 1. The van der Waals surface area contributed by atoms with Gasteiger partial charge in [0.1, 0.15) is 0 Å². The number of carbonyl (C=O) groups excluding carboxylic acids is 1. The number of rotatable bonds is 8. The minimum atomic E-state index is -3.60. The Bertz CT molecular complexity index is 892. The Balaban J connectivity index is 1.77. The fourth-order valence-corrected chi connectivity index (χ4v) is 3.82. The van der Waals surface area contributed by atoms with Gasteiger partial charge in [0, 0.05) is 29.5 Å². The van der Waals surface area contributed by atoms with Crippen molar-refractivity contribution in [3.8, 4) is 0 Å². The van der Waals surface area contributed by atoms with Gasteiger partial charge in [-0.25, -0.2) is 13.1 Å². The molecule has 1 saturated carbocycles. The Hall–Kier alpha value is -2.22. The van der Waals surface area contributed by atoms with E-state index in [-0.39, 0.29) is 22.4 Å². The van der Waals surface area contributed by atoms with E-state index in [1.807, 2.05) is 25.1 Å². The van der Waals surface area contributed by atoms with E-state index in [9.17, 15) is 13.2 Å². The maximum absolute atomic E-state index is 12.6. The van der Waals surface area contributed by atoms with E-state index in [2.05, 4.69) is 10.0 Å². The van der Waals surface area contributed by atoms with Gasteiger partial charge in [0.2, 0.25) is 10.0 Å². The van der Waals surface area contributed by atoms with Crippen LogP contribution in [0, 0.1) is 0 Å².